The number of sulfonamides is 1. The molecule has 4 rings (SSSR count). The molecule has 14 nitrogen and oxygen atoms in total. The Bertz CT molecular complexity index is 1800. The van der Waals surface area contributed by atoms with Gasteiger partial charge in [-0.15, -0.1) is 0 Å². The molecule has 3 aromatic rings. The number of para-hydroxylation sites is 1. The predicted octanol–water partition coefficient (Wildman–Crippen LogP) is -1.48. The van der Waals surface area contributed by atoms with Crippen LogP contribution in [0.15, 0.2) is 54.7 Å². The van der Waals surface area contributed by atoms with E-state index >= 15 is 0 Å². The van der Waals surface area contributed by atoms with Crippen LogP contribution in [0.1, 0.15) is 56.1 Å². The number of carbonyl (C=O) groups is 3. The summed E-state index contributed by atoms with van der Waals surface area (Å²) < 4.78 is 46.3. The van der Waals surface area contributed by atoms with Gasteiger partial charge >= 0.3 is 18.9 Å². The predicted molar refractivity (Wildman–Crippen MR) is 188 cm³/mol. The van der Waals surface area contributed by atoms with Crippen LogP contribution in [-0.2, 0) is 41.8 Å². The van der Waals surface area contributed by atoms with Gasteiger partial charge in [-0.25, -0.2) is 13.1 Å². The molecule has 51 heavy (non-hydrogen) atoms. The largest absolute Gasteiger partial charge is 1.00 e. The monoisotopic (exact) mass is 739 g/mol. The third kappa shape index (κ3) is 11.7. The third-order valence-corrected chi connectivity index (χ3v) is 12.3. The van der Waals surface area contributed by atoms with Crippen LogP contribution >= 0.6 is 7.37 Å². The molecule has 0 spiro atoms. The number of carbonyl (C=O) groups excluding carboxylic acids is 3. The summed E-state index contributed by atoms with van der Waals surface area (Å²) in [6.45, 7) is 0.337. The van der Waals surface area contributed by atoms with Crippen LogP contribution in [-0.4, -0.2) is 80.0 Å². The normalized spacial score (nSPS) is 17.0. The zero-order valence-corrected chi connectivity index (χ0v) is 31.1. The molecule has 7 N–H and O–H groups in total. The number of benzene rings is 2. The van der Waals surface area contributed by atoms with Crippen LogP contribution in [0, 0.1) is 5.41 Å². The number of aliphatic carboxylic acids is 1. The number of unbranched alkanes of at least 4 members (excludes halogenated alkanes) is 1. The third-order valence-electron chi connectivity index (χ3n) is 9.26. The maximum atomic E-state index is 14.5. The Kier molecular flexibility index (Phi) is 15.4. The Morgan fingerprint density at radius 1 is 1.04 bits per heavy atom. The molecule has 1 saturated carbocycles. The Labute approximate surface area is 310 Å². The molecular weight excluding hydrogens is 692 g/mol. The molecule has 274 valence electrons. The minimum absolute atomic E-state index is 0. The summed E-state index contributed by atoms with van der Waals surface area (Å²) in [5.41, 5.74) is 6.24. The quantitative estimate of drug-likeness (QED) is 0.0474. The van der Waals surface area contributed by atoms with Crippen molar-refractivity contribution >= 4 is 46.1 Å². The summed E-state index contributed by atoms with van der Waals surface area (Å²) in [6.07, 6.45) is 4.56. The molecule has 0 saturated heterocycles. The summed E-state index contributed by atoms with van der Waals surface area (Å²) in [7, 11) is -6.81. The average molecular weight is 740 g/mol. The van der Waals surface area contributed by atoms with E-state index in [1.807, 2.05) is 24.3 Å². The number of aromatic amines is 1. The number of carboxylic acid groups (broad SMARTS) is 1. The van der Waals surface area contributed by atoms with Gasteiger partial charge in [0.25, 0.3) is 0 Å². The molecule has 1 aliphatic carbocycles. The second-order valence-corrected chi connectivity index (χ2v) is 17.3. The summed E-state index contributed by atoms with van der Waals surface area (Å²) >= 11 is 0. The average Bonchev–Trinajstić information content (AvgIpc) is 3.71. The Hall–Kier alpha value is -3.15. The van der Waals surface area contributed by atoms with Crippen LogP contribution in [0.4, 0.5) is 0 Å². The number of rotatable bonds is 19. The topological polar surface area (TPSA) is 233 Å². The van der Waals surface area contributed by atoms with Gasteiger partial charge in [0.2, 0.25) is 29.2 Å². The molecule has 0 radical (unpaired) electrons. The number of nitrogens with one attached hydrogen (secondary N) is 4. The first-order chi connectivity index (χ1) is 23.7. The molecule has 0 aliphatic heterocycles. The number of hydrogen-bond acceptors (Lipinski definition) is 9. The minimum atomic E-state index is -4.48. The molecule has 1 fully saturated rings. The molecule has 2 unspecified atom stereocenters. The van der Waals surface area contributed by atoms with Crippen molar-refractivity contribution < 1.29 is 61.0 Å². The van der Waals surface area contributed by atoms with Crippen molar-refractivity contribution in [3.05, 3.63) is 65.9 Å². The van der Waals surface area contributed by atoms with Crippen LogP contribution in [0.25, 0.3) is 10.9 Å². The number of aromatic nitrogens is 1. The zero-order valence-electron chi connectivity index (χ0n) is 29.4. The standard InChI is InChI=1S/C34H48N5O9PS.Li/c1-48-25-14-12-23(13-15-25)19-30(38-31(40)28(11-5-8-18-35)39-50(2,46)47)49(44,45)22-34(16-6-7-17-34)33(43)37-29(32(41)42)20-24-21-36-27-10-4-3-9-26(24)27;/h3-4,9-10,12-15,21,28-30,36,39H,5-8,11,16-20,22,35H2,1-2H3,(H,37,43)(H,38,40)(H,41,42)(H,44,45);/q;+1/p-1/t28-,29-,30?;/m0./s1. The van der Waals surface area contributed by atoms with E-state index in [2.05, 4.69) is 20.3 Å². The van der Waals surface area contributed by atoms with E-state index in [0.717, 1.165) is 17.2 Å². The first-order valence-electron chi connectivity index (χ1n) is 16.7. The van der Waals surface area contributed by atoms with E-state index in [1.54, 1.807) is 30.5 Å². The summed E-state index contributed by atoms with van der Waals surface area (Å²) in [4.78, 5) is 54.8. The minimum Gasteiger partial charge on any atom is -0.548 e. The number of nitrogens with two attached hydrogens (primary N) is 1. The number of hydrogen-bond donors (Lipinski definition) is 6. The fourth-order valence-electron chi connectivity index (χ4n) is 6.62. The van der Waals surface area contributed by atoms with Crippen LogP contribution in [0.3, 0.4) is 0 Å². The summed E-state index contributed by atoms with van der Waals surface area (Å²) in [5, 5.41) is 18.3. The Balaban J connectivity index is 0.00000702. The number of carboxylic acids is 1. The van der Waals surface area contributed by atoms with Gasteiger partial charge in [0, 0.05) is 36.1 Å². The number of fused-ring (bicyclic) bond motifs is 1. The van der Waals surface area contributed by atoms with Gasteiger partial charge in [0.05, 0.1) is 30.8 Å². The zero-order chi connectivity index (χ0) is 36.5. The van der Waals surface area contributed by atoms with E-state index in [4.69, 9.17) is 10.5 Å². The second-order valence-electron chi connectivity index (χ2n) is 13.1. The van der Waals surface area contributed by atoms with Crippen molar-refractivity contribution in [2.75, 3.05) is 26.1 Å². The van der Waals surface area contributed by atoms with Crippen LogP contribution in [0.2, 0.25) is 0 Å². The second kappa shape index (κ2) is 18.6. The Morgan fingerprint density at radius 2 is 1.71 bits per heavy atom. The molecule has 4 atom stereocenters. The first-order valence-corrected chi connectivity index (χ1v) is 20.5. The van der Waals surface area contributed by atoms with E-state index in [9.17, 15) is 37.4 Å². The van der Waals surface area contributed by atoms with Crippen molar-refractivity contribution in [1.29, 1.82) is 0 Å². The van der Waals surface area contributed by atoms with Crippen molar-refractivity contribution in [3.63, 3.8) is 0 Å². The van der Waals surface area contributed by atoms with Crippen molar-refractivity contribution in [2.24, 2.45) is 11.1 Å². The maximum Gasteiger partial charge on any atom is 1.00 e. The van der Waals surface area contributed by atoms with Gasteiger partial charge in [-0.3, -0.25) is 14.2 Å². The molecule has 2 amide bonds. The fraction of sp³-hybridized carbons (Fsp3) is 0.500. The molecule has 17 heteroatoms. The molecule has 1 aliphatic rings. The number of H-pyrrole nitrogens is 1. The van der Waals surface area contributed by atoms with Crippen molar-refractivity contribution in [3.8, 4) is 5.75 Å². The molecule has 1 heterocycles. The first kappa shape index (κ1) is 42.3. The summed E-state index contributed by atoms with van der Waals surface area (Å²) in [5.74, 6) is -3.81. The van der Waals surface area contributed by atoms with Crippen LogP contribution < -0.4 is 49.8 Å². The van der Waals surface area contributed by atoms with Crippen molar-refractivity contribution in [2.45, 2.75) is 75.7 Å². The molecule has 0 bridgehead atoms. The SMILES string of the molecule is COc1ccc(CC(NC(=O)[C@H](CCCCN)NS(C)(=O)=O)P(=O)(O)CC2(C(=O)N[C@@H](Cc3c[nH]c4ccccc34)C(=O)[O-])CCCC2)cc1.[Li+]. The summed E-state index contributed by atoms with van der Waals surface area (Å²) in [6, 6.07) is 11.4. The van der Waals surface area contributed by atoms with Gasteiger partial charge in [-0.1, -0.05) is 49.6 Å². The number of amides is 2. The van der Waals surface area contributed by atoms with Gasteiger partial charge in [0.15, 0.2) is 0 Å². The van der Waals surface area contributed by atoms with Gasteiger partial charge in [-0.05, 0) is 61.6 Å². The molecule has 2 aromatic carbocycles. The Morgan fingerprint density at radius 3 is 2.31 bits per heavy atom. The van der Waals surface area contributed by atoms with E-state index in [0.29, 0.717) is 49.1 Å². The van der Waals surface area contributed by atoms with Gasteiger partial charge in [-0.2, -0.15) is 0 Å². The molecule has 1 aromatic heterocycles. The fourth-order valence-corrected chi connectivity index (χ4v) is 9.73. The van der Waals surface area contributed by atoms with E-state index < -0.39 is 64.6 Å². The maximum absolute atomic E-state index is 14.5. The van der Waals surface area contributed by atoms with Crippen LogP contribution in [0.5, 0.6) is 5.75 Å². The van der Waals surface area contributed by atoms with E-state index in [-0.39, 0.29) is 51.0 Å². The number of methoxy groups -OCH3 is 1. The molecular formula is C34H47LiN5O9PS. The smallest absolute Gasteiger partial charge is 0.548 e. The number of ether oxygens (including phenoxy) is 1. The van der Waals surface area contributed by atoms with Gasteiger partial charge < -0.3 is 40.9 Å². The van der Waals surface area contributed by atoms with Crippen molar-refractivity contribution in [1.82, 2.24) is 20.3 Å². The van der Waals surface area contributed by atoms with Gasteiger partial charge in [0.1, 0.15) is 17.6 Å². The van der Waals surface area contributed by atoms with E-state index in [1.165, 1.54) is 7.11 Å².